The summed E-state index contributed by atoms with van der Waals surface area (Å²) in [4.78, 5) is 58.6. The number of rotatable bonds is 5. The van der Waals surface area contributed by atoms with Gasteiger partial charge in [0.05, 0.1) is 33.6 Å². The van der Waals surface area contributed by atoms with Crippen molar-refractivity contribution in [3.8, 4) is 0 Å². The zero-order valence-corrected chi connectivity index (χ0v) is 21.7. The Morgan fingerprint density at radius 2 is 1.93 bits per heavy atom. The summed E-state index contributed by atoms with van der Waals surface area (Å²) in [6.45, 7) is 1.29. The van der Waals surface area contributed by atoms with Gasteiger partial charge in [-0.2, -0.15) is 0 Å². The Balaban J connectivity index is 1.30. The van der Waals surface area contributed by atoms with Gasteiger partial charge in [-0.15, -0.1) is 0 Å². The average Bonchev–Trinajstić information content (AvgIpc) is 3.55. The molecule has 1 amide bonds. The Morgan fingerprint density at radius 1 is 1.15 bits per heavy atom. The summed E-state index contributed by atoms with van der Waals surface area (Å²) in [7, 11) is 0. The molecule has 2 atom stereocenters. The first-order valence-corrected chi connectivity index (χ1v) is 13.0. The summed E-state index contributed by atoms with van der Waals surface area (Å²) < 4.78 is 2.26. The van der Waals surface area contributed by atoms with Gasteiger partial charge in [-0.25, -0.2) is 14.6 Å². The standard InChI is InChI=1S/C29H22N6O6/c1-15(26(36)37)34-24-22(5-2-6-23(24)35(40)41)33(28(34)39)14-19-8-7-16-10-17-12-29(13-18(17)11-21(16)31-19)20-4-3-9-30-25(20)32-27(29)38/h2-11,15H,12-14H2,1H3,(H,36,37)(H,30,32,38)/t15?,29-/m0/s1. The predicted molar refractivity (Wildman–Crippen MR) is 148 cm³/mol. The number of non-ortho nitro benzene ring substituents is 1. The average molecular weight is 551 g/mol. The fourth-order valence-corrected chi connectivity index (χ4v) is 6.27. The topological polar surface area (TPSA) is 162 Å². The number of hydrogen-bond donors (Lipinski definition) is 2. The Morgan fingerprint density at radius 3 is 2.68 bits per heavy atom. The van der Waals surface area contributed by atoms with Crippen molar-refractivity contribution in [3.63, 3.8) is 0 Å². The number of nitrogens with zero attached hydrogens (tertiary/aromatic N) is 5. The molecule has 0 fully saturated rings. The van der Waals surface area contributed by atoms with Crippen molar-refractivity contribution in [2.75, 3.05) is 5.32 Å². The first kappa shape index (κ1) is 24.6. The van der Waals surface area contributed by atoms with Crippen LogP contribution in [0, 0.1) is 10.1 Å². The normalized spacial score (nSPS) is 18.0. The number of carboxylic acids is 1. The first-order chi connectivity index (χ1) is 19.7. The van der Waals surface area contributed by atoms with Crippen LogP contribution in [-0.4, -0.2) is 41.0 Å². The molecule has 0 saturated carbocycles. The molecule has 1 unspecified atom stereocenters. The van der Waals surface area contributed by atoms with E-state index in [4.69, 9.17) is 4.98 Å². The number of carbonyl (C=O) groups excluding carboxylic acids is 1. The number of aromatic nitrogens is 4. The highest BCUT2D eigenvalue weighted by Crippen LogP contribution is 2.47. The maximum absolute atomic E-state index is 13.5. The van der Waals surface area contributed by atoms with Crippen LogP contribution in [-0.2, 0) is 34.4 Å². The molecule has 12 nitrogen and oxygen atoms in total. The number of aliphatic carboxylic acids is 1. The van der Waals surface area contributed by atoms with Gasteiger partial charge in [0.15, 0.2) is 0 Å². The second kappa shape index (κ2) is 8.55. The van der Waals surface area contributed by atoms with Crippen molar-refractivity contribution in [3.05, 3.63) is 104 Å². The number of hydrogen-bond acceptors (Lipinski definition) is 7. The van der Waals surface area contributed by atoms with Crippen LogP contribution in [0.5, 0.6) is 0 Å². The van der Waals surface area contributed by atoms with E-state index in [0.29, 0.717) is 29.9 Å². The van der Waals surface area contributed by atoms with Crippen LogP contribution in [0.3, 0.4) is 0 Å². The second-order valence-corrected chi connectivity index (χ2v) is 10.6. The number of nitro benzene ring substituents is 1. The fourth-order valence-electron chi connectivity index (χ4n) is 6.27. The van der Waals surface area contributed by atoms with Crippen LogP contribution in [0.4, 0.5) is 11.5 Å². The molecule has 41 heavy (non-hydrogen) atoms. The van der Waals surface area contributed by atoms with E-state index in [0.717, 1.165) is 26.6 Å². The number of nitro groups is 1. The number of pyridine rings is 2. The lowest BCUT2D eigenvalue weighted by Crippen LogP contribution is -2.35. The molecule has 1 spiro atoms. The lowest BCUT2D eigenvalue weighted by molar-refractivity contribution is -0.383. The maximum Gasteiger partial charge on any atom is 0.330 e. The summed E-state index contributed by atoms with van der Waals surface area (Å²) in [6, 6.07) is 14.4. The molecule has 204 valence electrons. The summed E-state index contributed by atoms with van der Waals surface area (Å²) >= 11 is 0. The zero-order chi connectivity index (χ0) is 28.6. The lowest BCUT2D eigenvalue weighted by atomic mass is 9.79. The Hall–Kier alpha value is -5.39. The number of amides is 1. The lowest BCUT2D eigenvalue weighted by Gasteiger charge is -2.20. The van der Waals surface area contributed by atoms with Gasteiger partial charge in [-0.1, -0.05) is 18.2 Å². The van der Waals surface area contributed by atoms with Gasteiger partial charge in [0, 0.05) is 23.2 Å². The van der Waals surface area contributed by atoms with E-state index >= 15 is 0 Å². The molecule has 7 rings (SSSR count). The highest BCUT2D eigenvalue weighted by atomic mass is 16.6. The molecule has 0 saturated heterocycles. The van der Waals surface area contributed by atoms with Crippen molar-refractivity contribution in [2.24, 2.45) is 0 Å². The SMILES string of the molecule is CC(C(=O)O)n1c(=O)n(Cc2ccc3cc4c(cc3n2)C[C@]2(C4)C(=O)Nc3ncccc32)c2cccc([N+](=O)[O-])c21. The molecule has 1 aliphatic heterocycles. The van der Waals surface area contributed by atoms with Gasteiger partial charge in [0.25, 0.3) is 5.69 Å². The molecule has 2 aromatic carbocycles. The van der Waals surface area contributed by atoms with Crippen LogP contribution in [0.15, 0.2) is 65.6 Å². The zero-order valence-electron chi connectivity index (χ0n) is 21.7. The number of fused-ring (bicyclic) bond motifs is 5. The minimum Gasteiger partial charge on any atom is -0.480 e. The van der Waals surface area contributed by atoms with E-state index in [-0.39, 0.29) is 29.2 Å². The monoisotopic (exact) mass is 550 g/mol. The van der Waals surface area contributed by atoms with Crippen molar-refractivity contribution in [1.29, 1.82) is 0 Å². The molecular weight excluding hydrogens is 528 g/mol. The van der Waals surface area contributed by atoms with Gasteiger partial charge in [0.2, 0.25) is 5.91 Å². The maximum atomic E-state index is 13.5. The molecule has 2 aliphatic rings. The summed E-state index contributed by atoms with van der Waals surface area (Å²) in [5, 5.41) is 25.1. The number of carboxylic acid groups (broad SMARTS) is 1. The van der Waals surface area contributed by atoms with Gasteiger partial charge < -0.3 is 10.4 Å². The fraction of sp³-hybridized carbons (Fsp3) is 0.207. The van der Waals surface area contributed by atoms with Crippen LogP contribution >= 0.6 is 0 Å². The van der Waals surface area contributed by atoms with E-state index in [1.807, 2.05) is 30.3 Å². The smallest absolute Gasteiger partial charge is 0.330 e. The van der Waals surface area contributed by atoms with E-state index in [1.54, 1.807) is 18.3 Å². The van der Waals surface area contributed by atoms with Crippen LogP contribution in [0.2, 0.25) is 0 Å². The van der Waals surface area contributed by atoms with Gasteiger partial charge >= 0.3 is 11.7 Å². The minimum atomic E-state index is -1.32. The first-order valence-electron chi connectivity index (χ1n) is 13.0. The number of nitrogens with one attached hydrogen (secondary N) is 1. The largest absolute Gasteiger partial charge is 0.480 e. The number of imidazole rings is 1. The summed E-state index contributed by atoms with van der Waals surface area (Å²) in [5.41, 5.74) is 2.62. The van der Waals surface area contributed by atoms with E-state index in [1.165, 1.54) is 23.6 Å². The quantitative estimate of drug-likeness (QED) is 0.249. The highest BCUT2D eigenvalue weighted by molar-refractivity contribution is 6.06. The van der Waals surface area contributed by atoms with Crippen molar-refractivity contribution < 1.29 is 19.6 Å². The molecular formula is C29H22N6O6. The molecule has 1 aliphatic carbocycles. The van der Waals surface area contributed by atoms with E-state index in [2.05, 4.69) is 10.3 Å². The van der Waals surface area contributed by atoms with Crippen molar-refractivity contribution in [1.82, 2.24) is 19.1 Å². The third kappa shape index (κ3) is 3.50. The number of para-hydroxylation sites is 1. The third-order valence-corrected chi connectivity index (χ3v) is 8.27. The molecule has 2 N–H and O–H groups in total. The number of carbonyl (C=O) groups is 2. The Bertz CT molecular complexity index is 2050. The van der Waals surface area contributed by atoms with Crippen LogP contribution in [0.25, 0.3) is 21.9 Å². The van der Waals surface area contributed by atoms with Crippen molar-refractivity contribution in [2.45, 2.75) is 37.8 Å². The Labute approximate surface area is 231 Å². The Kier molecular flexibility index (Phi) is 5.14. The highest BCUT2D eigenvalue weighted by Gasteiger charge is 2.51. The van der Waals surface area contributed by atoms with Gasteiger partial charge in [0.1, 0.15) is 17.4 Å². The van der Waals surface area contributed by atoms with Crippen LogP contribution < -0.4 is 11.0 Å². The number of benzene rings is 2. The third-order valence-electron chi connectivity index (χ3n) is 8.27. The van der Waals surface area contributed by atoms with E-state index < -0.39 is 28.0 Å². The van der Waals surface area contributed by atoms with Crippen LogP contribution in [0.1, 0.15) is 35.3 Å². The van der Waals surface area contributed by atoms with Gasteiger partial charge in [-0.3, -0.25) is 29.0 Å². The second-order valence-electron chi connectivity index (χ2n) is 10.6. The minimum absolute atomic E-state index is 0.0196. The van der Waals surface area contributed by atoms with Gasteiger partial charge in [-0.05, 0) is 61.2 Å². The molecule has 5 aromatic rings. The molecule has 3 aromatic heterocycles. The number of anilines is 1. The molecule has 4 heterocycles. The predicted octanol–water partition coefficient (Wildman–Crippen LogP) is 3.34. The molecule has 12 heteroatoms. The molecule has 0 bridgehead atoms. The van der Waals surface area contributed by atoms with E-state index in [9.17, 15) is 29.6 Å². The summed E-state index contributed by atoms with van der Waals surface area (Å²) in [5.74, 6) is -0.757. The van der Waals surface area contributed by atoms with Crippen molar-refractivity contribution >= 4 is 45.3 Å². The molecule has 0 radical (unpaired) electrons. The summed E-state index contributed by atoms with van der Waals surface area (Å²) in [6.07, 6.45) is 2.72.